The van der Waals surface area contributed by atoms with E-state index in [0.717, 1.165) is 26.2 Å². The number of hydrogen-bond acceptors (Lipinski definition) is 1. The van der Waals surface area contributed by atoms with Gasteiger partial charge < -0.3 is 0 Å². The van der Waals surface area contributed by atoms with Gasteiger partial charge in [0.1, 0.15) is 0 Å². The van der Waals surface area contributed by atoms with E-state index < -0.39 is 0 Å². The summed E-state index contributed by atoms with van der Waals surface area (Å²) in [5, 5.41) is 4.19. The van der Waals surface area contributed by atoms with Gasteiger partial charge in [-0.2, -0.15) is 0 Å². The van der Waals surface area contributed by atoms with Crippen LogP contribution in [0.5, 0.6) is 0 Å². The summed E-state index contributed by atoms with van der Waals surface area (Å²) in [6, 6.07) is 0. The summed E-state index contributed by atoms with van der Waals surface area (Å²) < 4.78 is 0. The van der Waals surface area contributed by atoms with E-state index in [1.165, 1.54) is 0 Å². The predicted molar refractivity (Wildman–Crippen MR) is 29.4 cm³/mol. The molecule has 0 unspecified atom stereocenters. The Morgan fingerprint density at radius 3 is 2.14 bits per heavy atom. The lowest BCUT2D eigenvalue weighted by Crippen LogP contribution is -2.37. The molecular weight excluding hydrogens is 88.1 g/mol. The van der Waals surface area contributed by atoms with Crippen LogP contribution in [0.4, 0.5) is 0 Å². The molecule has 2 nitrogen and oxygen atoms in total. The summed E-state index contributed by atoms with van der Waals surface area (Å²) in [4.78, 5) is 2.30. The van der Waals surface area contributed by atoms with Crippen molar-refractivity contribution in [2.45, 2.75) is 0 Å². The normalized spacial score (nSPS) is 25.3. The second-order valence-electron chi connectivity index (χ2n) is 1.97. The van der Waals surface area contributed by atoms with Crippen molar-refractivity contribution in [1.82, 2.24) is 10.2 Å². The van der Waals surface area contributed by atoms with Crippen LogP contribution < -0.4 is 5.32 Å². The highest BCUT2D eigenvalue weighted by Crippen LogP contribution is 1.84. The summed E-state index contributed by atoms with van der Waals surface area (Å²) in [6.45, 7) is 4.38. The molecule has 0 aromatic carbocycles. The number of piperazine rings is 1. The lowest BCUT2D eigenvalue weighted by Gasteiger charge is -2.12. The monoisotopic (exact) mass is 99.1 g/mol. The van der Waals surface area contributed by atoms with E-state index in [1.807, 2.05) is 0 Å². The lowest BCUT2D eigenvalue weighted by molar-refractivity contribution is 0.288. The fourth-order valence-corrected chi connectivity index (χ4v) is 0.706. The van der Waals surface area contributed by atoms with Crippen molar-refractivity contribution < 1.29 is 0 Å². The molecule has 0 aromatic heterocycles. The highest BCUT2D eigenvalue weighted by atomic mass is 15.2. The van der Waals surface area contributed by atoms with Crippen molar-refractivity contribution in [2.24, 2.45) is 0 Å². The maximum Gasteiger partial charge on any atom is 0.196 e. The minimum absolute atomic E-state index is 1.04. The molecule has 7 heavy (non-hydrogen) atoms. The molecule has 1 rings (SSSR count). The molecule has 2 radical (unpaired) electrons. The summed E-state index contributed by atoms with van der Waals surface area (Å²) >= 11 is 0. The minimum atomic E-state index is 1.04. The van der Waals surface area contributed by atoms with Crippen LogP contribution >= 0.6 is 0 Å². The van der Waals surface area contributed by atoms with Crippen LogP contribution in [0.15, 0.2) is 0 Å². The van der Waals surface area contributed by atoms with Crippen molar-refractivity contribution in [2.75, 3.05) is 33.2 Å². The zero-order valence-corrected chi connectivity index (χ0v) is 4.72. The van der Waals surface area contributed by atoms with Crippen LogP contribution in [0.3, 0.4) is 0 Å². The van der Waals surface area contributed by atoms with Crippen molar-refractivity contribution in [1.29, 1.82) is 0 Å². The average molecular weight is 99.2 g/mol. The van der Waals surface area contributed by atoms with Gasteiger partial charge in [0, 0.05) is 0 Å². The Bertz CT molecular complexity index is 48.0. The SMILES string of the molecule is CN1CC[N+]CC1. The first-order valence-corrected chi connectivity index (χ1v) is 2.71. The van der Waals surface area contributed by atoms with Crippen LogP contribution in [0.2, 0.25) is 0 Å². The summed E-state index contributed by atoms with van der Waals surface area (Å²) in [7, 11) is 2.13. The van der Waals surface area contributed by atoms with Crippen LogP contribution in [0.1, 0.15) is 0 Å². The van der Waals surface area contributed by atoms with E-state index in [1.54, 1.807) is 0 Å². The Kier molecular flexibility index (Phi) is 1.65. The molecule has 0 spiro atoms. The van der Waals surface area contributed by atoms with Gasteiger partial charge in [-0.15, -0.1) is 0 Å². The lowest BCUT2D eigenvalue weighted by atomic mass is 10.4. The molecule has 1 saturated heterocycles. The summed E-state index contributed by atoms with van der Waals surface area (Å²) in [5.74, 6) is 0. The van der Waals surface area contributed by atoms with E-state index in [2.05, 4.69) is 17.3 Å². The second-order valence-corrected chi connectivity index (χ2v) is 1.97. The molecule has 0 bridgehead atoms. The molecule has 2 heteroatoms. The highest BCUT2D eigenvalue weighted by Gasteiger charge is 2.13. The molecule has 0 N–H and O–H groups in total. The number of hydrogen-bond donors (Lipinski definition) is 0. The summed E-state index contributed by atoms with van der Waals surface area (Å²) in [6.07, 6.45) is 0. The van der Waals surface area contributed by atoms with E-state index in [-0.39, 0.29) is 0 Å². The molecule has 0 saturated carbocycles. The number of rotatable bonds is 0. The fraction of sp³-hybridized carbons (Fsp3) is 1.00. The average Bonchev–Trinajstić information content (AvgIpc) is 1.69. The van der Waals surface area contributed by atoms with Crippen LogP contribution in [0, 0.1) is 0 Å². The van der Waals surface area contributed by atoms with E-state index in [9.17, 15) is 0 Å². The number of likely N-dealkylation sites (N-methyl/N-ethyl adjacent to an activating group) is 1. The van der Waals surface area contributed by atoms with Crippen molar-refractivity contribution >= 4 is 0 Å². The standard InChI is InChI=1S/C5H11N2/c1-7-4-2-6-3-5-7/h2-5H2,1H3/q+1. The van der Waals surface area contributed by atoms with Crippen molar-refractivity contribution in [3.63, 3.8) is 0 Å². The topological polar surface area (TPSA) is 17.3 Å². The molecule has 0 aromatic rings. The Labute approximate surface area is 44.5 Å². The second kappa shape index (κ2) is 2.28. The molecule has 1 aliphatic rings. The van der Waals surface area contributed by atoms with Crippen LogP contribution in [-0.2, 0) is 0 Å². The smallest absolute Gasteiger partial charge is 0.196 e. The third-order valence-corrected chi connectivity index (χ3v) is 1.28. The Balaban J connectivity index is 2.12. The van der Waals surface area contributed by atoms with Gasteiger partial charge in [0.05, 0.1) is 18.4 Å². The number of nitrogens with zero attached hydrogens (tertiary/aromatic N) is 2. The van der Waals surface area contributed by atoms with E-state index in [4.69, 9.17) is 0 Å². The zero-order chi connectivity index (χ0) is 5.11. The molecule has 1 fully saturated rings. The molecule has 0 aliphatic carbocycles. The first kappa shape index (κ1) is 5.06. The van der Waals surface area contributed by atoms with Crippen molar-refractivity contribution in [3.8, 4) is 0 Å². The predicted octanol–water partition coefficient (Wildman–Crippen LogP) is -0.464. The van der Waals surface area contributed by atoms with Gasteiger partial charge in [0.2, 0.25) is 0 Å². The van der Waals surface area contributed by atoms with Gasteiger partial charge >= 0.3 is 0 Å². The Morgan fingerprint density at radius 2 is 1.86 bits per heavy atom. The summed E-state index contributed by atoms with van der Waals surface area (Å²) in [5.41, 5.74) is 0. The highest BCUT2D eigenvalue weighted by molar-refractivity contribution is 4.61. The van der Waals surface area contributed by atoms with Gasteiger partial charge in [0.25, 0.3) is 0 Å². The third kappa shape index (κ3) is 1.45. The first-order chi connectivity index (χ1) is 3.39. The van der Waals surface area contributed by atoms with Crippen LogP contribution in [0.25, 0.3) is 0 Å². The van der Waals surface area contributed by atoms with Crippen molar-refractivity contribution in [3.05, 3.63) is 0 Å². The quantitative estimate of drug-likeness (QED) is 0.401. The van der Waals surface area contributed by atoms with Gasteiger partial charge in [-0.1, -0.05) is 0 Å². The molecule has 1 aliphatic heterocycles. The zero-order valence-electron chi connectivity index (χ0n) is 4.72. The largest absolute Gasteiger partial charge is 0.295 e. The Hall–Kier alpha value is -0.0800. The first-order valence-electron chi connectivity index (χ1n) is 2.71. The van der Waals surface area contributed by atoms with Gasteiger partial charge in [-0.05, 0) is 7.05 Å². The minimum Gasteiger partial charge on any atom is -0.295 e. The van der Waals surface area contributed by atoms with Crippen LogP contribution in [-0.4, -0.2) is 38.1 Å². The van der Waals surface area contributed by atoms with E-state index >= 15 is 0 Å². The van der Waals surface area contributed by atoms with Gasteiger partial charge in [-0.25, -0.2) is 0 Å². The molecular formula is C5H11N2+. The molecule has 0 amide bonds. The maximum atomic E-state index is 4.19. The molecule has 0 atom stereocenters. The van der Waals surface area contributed by atoms with Gasteiger partial charge in [0.15, 0.2) is 13.1 Å². The Morgan fingerprint density at radius 1 is 1.29 bits per heavy atom. The fourth-order valence-electron chi connectivity index (χ4n) is 0.706. The third-order valence-electron chi connectivity index (χ3n) is 1.28. The van der Waals surface area contributed by atoms with Gasteiger partial charge in [-0.3, -0.25) is 4.90 Å². The van der Waals surface area contributed by atoms with E-state index in [0.29, 0.717) is 0 Å². The molecule has 40 valence electrons. The molecule has 1 heterocycles. The maximum absolute atomic E-state index is 4.19.